The van der Waals surface area contributed by atoms with Crippen LogP contribution in [0, 0.1) is 5.82 Å². The molecule has 0 atom stereocenters. The van der Waals surface area contributed by atoms with Gasteiger partial charge in [0.2, 0.25) is 0 Å². The van der Waals surface area contributed by atoms with Crippen LogP contribution in [0.25, 0.3) is 22.3 Å². The highest BCUT2D eigenvalue weighted by molar-refractivity contribution is 6.31. The lowest BCUT2D eigenvalue weighted by Crippen LogP contribution is -2.04. The number of nitrogens with zero attached hydrogens (tertiary/aromatic N) is 1. The fourth-order valence-electron chi connectivity index (χ4n) is 2.97. The Morgan fingerprint density at radius 3 is 2.52 bits per heavy atom. The van der Waals surface area contributed by atoms with E-state index >= 15 is 0 Å². The molecule has 0 N–H and O–H groups in total. The molecule has 0 amide bonds. The molecule has 0 aliphatic carbocycles. The van der Waals surface area contributed by atoms with Crippen molar-refractivity contribution in [2.45, 2.75) is 13.3 Å². The van der Waals surface area contributed by atoms with Crippen LogP contribution >= 0.6 is 11.6 Å². The summed E-state index contributed by atoms with van der Waals surface area (Å²) in [7, 11) is 0. The Balaban J connectivity index is 2.00. The van der Waals surface area contributed by atoms with E-state index in [1.54, 1.807) is 6.07 Å². The van der Waals surface area contributed by atoms with E-state index in [1.165, 1.54) is 17.7 Å². The first kappa shape index (κ1) is 17.5. The molecular formula is C23H17ClFNO. The maximum atomic E-state index is 13.5. The number of aryl methyl sites for hydroxylation is 1. The molecule has 0 aliphatic heterocycles. The standard InChI is InChI=1S/C23H17ClFNO/c1-2-15-8-11-22-18(12-15)21(26-17-9-10-20(25)19(24)13-17)14-23(27-22)16-6-4-3-5-7-16/h3-14H,2H2,1H3. The smallest absolute Gasteiger partial charge is 0.141 e. The van der Waals surface area contributed by atoms with E-state index in [0.717, 1.165) is 34.1 Å². The largest absolute Gasteiger partial charge is 0.456 e. The summed E-state index contributed by atoms with van der Waals surface area (Å²) < 4.78 is 19.6. The van der Waals surface area contributed by atoms with Crippen LogP contribution in [0.1, 0.15) is 12.5 Å². The Labute approximate surface area is 161 Å². The van der Waals surface area contributed by atoms with E-state index < -0.39 is 5.82 Å². The van der Waals surface area contributed by atoms with Gasteiger partial charge in [0.05, 0.1) is 16.1 Å². The third-order valence-electron chi connectivity index (χ3n) is 4.43. The van der Waals surface area contributed by atoms with Crippen molar-refractivity contribution in [1.82, 2.24) is 0 Å². The zero-order valence-electron chi connectivity index (χ0n) is 14.7. The van der Waals surface area contributed by atoms with Gasteiger partial charge in [-0.2, -0.15) is 0 Å². The quantitative estimate of drug-likeness (QED) is 0.390. The number of halogens is 2. The Bertz CT molecular complexity index is 1180. The summed E-state index contributed by atoms with van der Waals surface area (Å²) >= 11 is 5.92. The van der Waals surface area contributed by atoms with Crippen molar-refractivity contribution in [3.63, 3.8) is 0 Å². The van der Waals surface area contributed by atoms with Crippen LogP contribution in [0.15, 0.2) is 82.2 Å². The summed E-state index contributed by atoms with van der Waals surface area (Å²) in [5.41, 5.74) is 3.50. The summed E-state index contributed by atoms with van der Waals surface area (Å²) in [6, 6.07) is 22.4. The number of benzene rings is 3. The number of fused-ring (bicyclic) bond motifs is 1. The van der Waals surface area contributed by atoms with Gasteiger partial charge in [0.15, 0.2) is 0 Å². The highest BCUT2D eigenvalue weighted by atomic mass is 35.5. The van der Waals surface area contributed by atoms with E-state index in [9.17, 15) is 4.39 Å². The van der Waals surface area contributed by atoms with Crippen molar-refractivity contribution >= 4 is 28.3 Å². The van der Waals surface area contributed by atoms with Gasteiger partial charge in [-0.3, -0.25) is 0 Å². The minimum absolute atomic E-state index is 0.0544. The predicted molar refractivity (Wildman–Crippen MR) is 108 cm³/mol. The third kappa shape index (κ3) is 3.64. The Morgan fingerprint density at radius 2 is 1.78 bits per heavy atom. The van der Waals surface area contributed by atoms with Gasteiger partial charge in [-0.25, -0.2) is 9.38 Å². The topological polar surface area (TPSA) is 25.5 Å². The van der Waals surface area contributed by atoms with Crippen LogP contribution in [0.3, 0.4) is 0 Å². The van der Waals surface area contributed by atoms with E-state index in [1.807, 2.05) is 42.5 Å². The molecule has 1 heterocycles. The number of hydrogen-bond acceptors (Lipinski definition) is 2. The molecule has 1 aromatic heterocycles. The molecule has 0 saturated carbocycles. The summed E-state index contributed by atoms with van der Waals surface area (Å²) in [6.45, 7) is 2.10. The summed E-state index contributed by atoms with van der Waals surface area (Å²) in [6.07, 6.45) is 0.915. The van der Waals surface area contributed by atoms with Crippen molar-refractivity contribution in [2.75, 3.05) is 0 Å². The summed E-state index contributed by atoms with van der Waals surface area (Å²) in [5, 5.41) is 1.72. The predicted octanol–water partition coefficient (Wildman–Crippen LogP) is 6.69. The molecule has 134 valence electrons. The normalized spacial score (nSPS) is 11.9. The Morgan fingerprint density at radius 1 is 0.963 bits per heavy atom. The molecule has 2 nitrogen and oxygen atoms in total. The fraction of sp³-hybridized carbons (Fsp3) is 0.0870. The molecule has 0 spiro atoms. The zero-order chi connectivity index (χ0) is 18.8. The minimum Gasteiger partial charge on any atom is -0.456 e. The maximum absolute atomic E-state index is 13.5. The van der Waals surface area contributed by atoms with Gasteiger partial charge >= 0.3 is 0 Å². The van der Waals surface area contributed by atoms with E-state index in [4.69, 9.17) is 21.0 Å². The van der Waals surface area contributed by atoms with Crippen molar-refractivity contribution in [3.8, 4) is 11.3 Å². The van der Waals surface area contributed by atoms with E-state index in [2.05, 4.69) is 19.1 Å². The van der Waals surface area contributed by atoms with Crippen LogP contribution < -0.4 is 5.36 Å². The van der Waals surface area contributed by atoms with Crippen molar-refractivity contribution in [2.24, 2.45) is 4.99 Å². The number of rotatable bonds is 3. The molecule has 0 unspecified atom stereocenters. The van der Waals surface area contributed by atoms with E-state index in [0.29, 0.717) is 5.69 Å². The molecular weight excluding hydrogens is 361 g/mol. The highest BCUT2D eigenvalue weighted by Gasteiger charge is 2.07. The molecule has 0 fully saturated rings. The molecule has 0 saturated heterocycles. The molecule has 4 rings (SSSR count). The average Bonchev–Trinajstić information content (AvgIpc) is 2.71. The van der Waals surface area contributed by atoms with Crippen molar-refractivity contribution in [3.05, 3.63) is 94.6 Å². The second-order valence-electron chi connectivity index (χ2n) is 6.26. The van der Waals surface area contributed by atoms with Crippen LogP contribution in [0.2, 0.25) is 5.02 Å². The molecule has 4 aromatic rings. The maximum Gasteiger partial charge on any atom is 0.141 e. The van der Waals surface area contributed by atoms with Gasteiger partial charge in [-0.15, -0.1) is 0 Å². The SMILES string of the molecule is CCc1ccc2oc(-c3ccccc3)cc(=Nc3ccc(F)c(Cl)c3)c2c1. The van der Waals surface area contributed by atoms with Crippen LogP contribution in [0.4, 0.5) is 10.1 Å². The molecule has 27 heavy (non-hydrogen) atoms. The first-order valence-corrected chi connectivity index (χ1v) is 9.14. The van der Waals surface area contributed by atoms with Crippen LogP contribution in [0.5, 0.6) is 0 Å². The second kappa shape index (κ2) is 7.37. The lowest BCUT2D eigenvalue weighted by molar-refractivity contribution is 0.618. The first-order chi connectivity index (χ1) is 13.1. The van der Waals surface area contributed by atoms with Gasteiger partial charge < -0.3 is 4.42 Å². The van der Waals surface area contributed by atoms with Gasteiger partial charge in [-0.05, 0) is 42.3 Å². The molecule has 0 bridgehead atoms. The summed E-state index contributed by atoms with van der Waals surface area (Å²) in [4.78, 5) is 4.72. The lowest BCUT2D eigenvalue weighted by atomic mass is 10.1. The Kier molecular flexibility index (Phi) is 4.78. The third-order valence-corrected chi connectivity index (χ3v) is 4.72. The molecule has 3 aromatic carbocycles. The molecule has 0 aliphatic rings. The highest BCUT2D eigenvalue weighted by Crippen LogP contribution is 2.25. The number of hydrogen-bond donors (Lipinski definition) is 0. The molecule has 4 heteroatoms. The van der Waals surface area contributed by atoms with Gasteiger partial charge in [0, 0.05) is 17.0 Å². The van der Waals surface area contributed by atoms with E-state index in [-0.39, 0.29) is 5.02 Å². The minimum atomic E-state index is -0.457. The monoisotopic (exact) mass is 377 g/mol. The Hall–Kier alpha value is -2.91. The van der Waals surface area contributed by atoms with Crippen LogP contribution in [-0.2, 0) is 6.42 Å². The van der Waals surface area contributed by atoms with Gasteiger partial charge in [0.1, 0.15) is 17.2 Å². The first-order valence-electron chi connectivity index (χ1n) is 8.76. The van der Waals surface area contributed by atoms with Gasteiger partial charge in [-0.1, -0.05) is 54.9 Å². The van der Waals surface area contributed by atoms with Crippen molar-refractivity contribution < 1.29 is 8.81 Å². The van der Waals surface area contributed by atoms with Gasteiger partial charge in [0.25, 0.3) is 0 Å². The lowest BCUT2D eigenvalue weighted by Gasteiger charge is -2.07. The zero-order valence-corrected chi connectivity index (χ0v) is 15.5. The molecule has 0 radical (unpaired) electrons. The fourth-order valence-corrected chi connectivity index (χ4v) is 3.14. The average molecular weight is 378 g/mol. The second-order valence-corrected chi connectivity index (χ2v) is 6.66. The summed E-state index contributed by atoms with van der Waals surface area (Å²) in [5.74, 6) is 0.265. The van der Waals surface area contributed by atoms with Crippen molar-refractivity contribution in [1.29, 1.82) is 0 Å². The van der Waals surface area contributed by atoms with Crippen LogP contribution in [-0.4, -0.2) is 0 Å².